The van der Waals surface area contributed by atoms with Gasteiger partial charge in [0.2, 0.25) is 0 Å². The lowest BCUT2D eigenvalue weighted by molar-refractivity contribution is 0.0977. The van der Waals surface area contributed by atoms with Crippen molar-refractivity contribution in [3.63, 3.8) is 0 Å². The van der Waals surface area contributed by atoms with Crippen LogP contribution in [0.1, 0.15) is 21.5 Å². The van der Waals surface area contributed by atoms with Crippen LogP contribution in [0.3, 0.4) is 0 Å². The highest BCUT2D eigenvalue weighted by atomic mass is 35.5. The average molecular weight is 411 g/mol. The van der Waals surface area contributed by atoms with Crippen molar-refractivity contribution in [1.82, 2.24) is 5.32 Å². The summed E-state index contributed by atoms with van der Waals surface area (Å²) in [4.78, 5) is 12.5. The molecule has 0 saturated heterocycles. The van der Waals surface area contributed by atoms with Crippen molar-refractivity contribution in [2.45, 2.75) is 13.5 Å². The minimum absolute atomic E-state index is 0.200. The Kier molecular flexibility index (Phi) is 6.63. The molecule has 0 aromatic heterocycles. The maximum atomic E-state index is 12.5. The standard InChI is InChI=1S/C22H19ClN2O2S/c1-15-10-11-18(23)13-20(15)24-22(28)25-21(26)17-8-5-9-19(12-17)27-14-16-6-3-2-4-7-16/h2-13H,14H2,1H3,(H2,24,25,26,28). The number of nitrogens with one attached hydrogen (secondary N) is 2. The SMILES string of the molecule is Cc1ccc(Cl)cc1NC(=S)NC(=O)c1cccc(OCc2ccccc2)c1. The number of benzene rings is 3. The van der Waals surface area contributed by atoms with Gasteiger partial charge in [0, 0.05) is 16.3 Å². The topological polar surface area (TPSA) is 50.4 Å². The summed E-state index contributed by atoms with van der Waals surface area (Å²) < 4.78 is 5.77. The molecule has 0 unspecified atom stereocenters. The second kappa shape index (κ2) is 9.35. The summed E-state index contributed by atoms with van der Waals surface area (Å²) in [7, 11) is 0. The monoisotopic (exact) mass is 410 g/mol. The normalized spacial score (nSPS) is 10.2. The summed E-state index contributed by atoms with van der Waals surface area (Å²) in [5.41, 5.74) is 3.23. The number of thiocarbonyl (C=S) groups is 1. The van der Waals surface area contributed by atoms with Crippen molar-refractivity contribution >= 4 is 40.5 Å². The van der Waals surface area contributed by atoms with Crippen molar-refractivity contribution in [1.29, 1.82) is 0 Å². The molecule has 4 nitrogen and oxygen atoms in total. The van der Waals surface area contributed by atoms with Crippen molar-refractivity contribution in [3.8, 4) is 5.75 Å². The molecule has 0 aliphatic rings. The van der Waals surface area contributed by atoms with E-state index >= 15 is 0 Å². The molecule has 0 radical (unpaired) electrons. The molecule has 0 spiro atoms. The number of ether oxygens (including phenoxy) is 1. The zero-order valence-electron chi connectivity index (χ0n) is 15.2. The van der Waals surface area contributed by atoms with E-state index in [2.05, 4.69) is 10.6 Å². The molecule has 2 N–H and O–H groups in total. The van der Waals surface area contributed by atoms with E-state index in [-0.39, 0.29) is 11.0 Å². The van der Waals surface area contributed by atoms with Gasteiger partial charge in [-0.25, -0.2) is 0 Å². The number of rotatable bonds is 5. The van der Waals surface area contributed by atoms with Crippen LogP contribution < -0.4 is 15.4 Å². The summed E-state index contributed by atoms with van der Waals surface area (Å²) in [5, 5.41) is 6.46. The van der Waals surface area contributed by atoms with Crippen molar-refractivity contribution in [2.75, 3.05) is 5.32 Å². The predicted molar refractivity (Wildman–Crippen MR) is 117 cm³/mol. The summed E-state index contributed by atoms with van der Waals surface area (Å²) in [6, 6.07) is 22.2. The lowest BCUT2D eigenvalue weighted by atomic mass is 10.2. The van der Waals surface area contributed by atoms with Gasteiger partial charge >= 0.3 is 0 Å². The quantitative estimate of drug-likeness (QED) is 0.556. The Morgan fingerprint density at radius 3 is 2.61 bits per heavy atom. The second-order valence-corrected chi connectivity index (χ2v) is 7.01. The Morgan fingerprint density at radius 2 is 1.82 bits per heavy atom. The lowest BCUT2D eigenvalue weighted by Crippen LogP contribution is -2.34. The fourth-order valence-corrected chi connectivity index (χ4v) is 2.90. The Hall–Kier alpha value is -2.89. The van der Waals surface area contributed by atoms with Gasteiger partial charge in [-0.3, -0.25) is 10.1 Å². The first-order chi connectivity index (χ1) is 13.5. The number of hydrogen-bond acceptors (Lipinski definition) is 3. The minimum Gasteiger partial charge on any atom is -0.489 e. The van der Waals surface area contributed by atoms with E-state index in [0.29, 0.717) is 22.9 Å². The lowest BCUT2D eigenvalue weighted by Gasteiger charge is -2.12. The van der Waals surface area contributed by atoms with Gasteiger partial charge in [0.05, 0.1) is 0 Å². The Bertz CT molecular complexity index is 993. The summed E-state index contributed by atoms with van der Waals surface area (Å²) in [5.74, 6) is 0.295. The van der Waals surface area contributed by atoms with Crippen molar-refractivity contribution < 1.29 is 9.53 Å². The fraction of sp³-hybridized carbons (Fsp3) is 0.0909. The van der Waals surface area contributed by atoms with Gasteiger partial charge < -0.3 is 10.1 Å². The molecule has 0 aliphatic carbocycles. The summed E-state index contributed by atoms with van der Waals surface area (Å²) in [6.07, 6.45) is 0. The van der Waals surface area contributed by atoms with Crippen LogP contribution in [0.5, 0.6) is 5.75 Å². The van der Waals surface area contributed by atoms with Crippen LogP contribution in [0.25, 0.3) is 0 Å². The van der Waals surface area contributed by atoms with E-state index in [1.807, 2.05) is 49.4 Å². The smallest absolute Gasteiger partial charge is 0.257 e. The molecule has 0 atom stereocenters. The molecule has 3 aromatic rings. The molecular formula is C22H19ClN2O2S. The van der Waals surface area contributed by atoms with Crippen LogP contribution in [0.2, 0.25) is 5.02 Å². The second-order valence-electron chi connectivity index (χ2n) is 6.17. The first-order valence-corrected chi connectivity index (χ1v) is 9.45. The third-order valence-corrected chi connectivity index (χ3v) is 4.46. The number of hydrogen-bond donors (Lipinski definition) is 2. The van der Waals surface area contributed by atoms with Gasteiger partial charge in [-0.1, -0.05) is 54.1 Å². The fourth-order valence-electron chi connectivity index (χ4n) is 2.53. The number of halogens is 1. The first-order valence-electron chi connectivity index (χ1n) is 8.66. The molecule has 28 heavy (non-hydrogen) atoms. The van der Waals surface area contributed by atoms with Gasteiger partial charge in [0.1, 0.15) is 12.4 Å². The number of carbonyl (C=O) groups excluding carboxylic acids is 1. The van der Waals surface area contributed by atoms with Gasteiger partial charge in [-0.2, -0.15) is 0 Å². The third kappa shape index (κ3) is 5.55. The molecule has 0 saturated carbocycles. The van der Waals surface area contributed by atoms with E-state index in [1.54, 1.807) is 30.3 Å². The molecular weight excluding hydrogens is 392 g/mol. The van der Waals surface area contributed by atoms with Gasteiger partial charge in [-0.15, -0.1) is 0 Å². The van der Waals surface area contributed by atoms with Gasteiger partial charge in [0.15, 0.2) is 5.11 Å². The first kappa shape index (κ1) is 19.9. The van der Waals surface area contributed by atoms with Crippen LogP contribution in [0.4, 0.5) is 5.69 Å². The van der Waals surface area contributed by atoms with Crippen LogP contribution in [-0.4, -0.2) is 11.0 Å². The van der Waals surface area contributed by atoms with E-state index in [4.69, 9.17) is 28.6 Å². The number of amides is 1. The molecule has 0 aliphatic heterocycles. The zero-order chi connectivity index (χ0) is 19.9. The van der Waals surface area contributed by atoms with Crippen molar-refractivity contribution in [3.05, 3.63) is 94.5 Å². The van der Waals surface area contributed by atoms with Crippen molar-refractivity contribution in [2.24, 2.45) is 0 Å². The van der Waals surface area contributed by atoms with Gasteiger partial charge in [-0.05, 0) is 60.6 Å². The predicted octanol–water partition coefficient (Wildman–Crippen LogP) is 5.35. The molecule has 142 valence electrons. The molecule has 6 heteroatoms. The largest absolute Gasteiger partial charge is 0.489 e. The maximum absolute atomic E-state index is 12.5. The maximum Gasteiger partial charge on any atom is 0.257 e. The molecule has 3 rings (SSSR count). The van der Waals surface area contributed by atoms with E-state index in [0.717, 1.165) is 16.8 Å². The number of anilines is 1. The third-order valence-electron chi connectivity index (χ3n) is 4.02. The Balaban J connectivity index is 1.60. The van der Waals surface area contributed by atoms with Crippen LogP contribution in [-0.2, 0) is 6.61 Å². The molecule has 0 heterocycles. The molecule has 0 fully saturated rings. The summed E-state index contributed by atoms with van der Waals surface area (Å²) in [6.45, 7) is 2.36. The van der Waals surface area contributed by atoms with Crippen LogP contribution in [0.15, 0.2) is 72.8 Å². The van der Waals surface area contributed by atoms with E-state index in [1.165, 1.54) is 0 Å². The molecule has 1 amide bonds. The average Bonchev–Trinajstić information content (AvgIpc) is 2.70. The van der Waals surface area contributed by atoms with Gasteiger partial charge in [0.25, 0.3) is 5.91 Å². The van der Waals surface area contributed by atoms with E-state index < -0.39 is 0 Å². The Morgan fingerprint density at radius 1 is 1.04 bits per heavy atom. The number of aryl methyl sites for hydroxylation is 1. The Labute approximate surface area is 174 Å². The molecule has 3 aromatic carbocycles. The zero-order valence-corrected chi connectivity index (χ0v) is 16.8. The van der Waals surface area contributed by atoms with E-state index in [9.17, 15) is 4.79 Å². The highest BCUT2D eigenvalue weighted by Crippen LogP contribution is 2.20. The summed E-state index contributed by atoms with van der Waals surface area (Å²) >= 11 is 11.3. The number of carbonyl (C=O) groups is 1. The highest BCUT2D eigenvalue weighted by Gasteiger charge is 2.10. The minimum atomic E-state index is -0.317. The van der Waals surface area contributed by atoms with Crippen LogP contribution in [0, 0.1) is 6.92 Å². The van der Waals surface area contributed by atoms with Crippen LogP contribution >= 0.6 is 23.8 Å². The molecule has 0 bridgehead atoms. The highest BCUT2D eigenvalue weighted by molar-refractivity contribution is 7.80.